The molecule has 2 heterocycles. The highest BCUT2D eigenvalue weighted by atomic mass is 32.1. The van der Waals surface area contributed by atoms with Crippen molar-refractivity contribution in [3.05, 3.63) is 76.4 Å². The normalized spacial score (nSPS) is 10.5. The average molecular weight is 405 g/mol. The lowest BCUT2D eigenvalue weighted by atomic mass is 10.2. The highest BCUT2D eigenvalue weighted by Crippen LogP contribution is 2.30. The number of rotatable bonds is 4. The Morgan fingerprint density at radius 3 is 2.69 bits per heavy atom. The van der Waals surface area contributed by atoms with Gasteiger partial charge in [-0.25, -0.2) is 4.39 Å². The van der Waals surface area contributed by atoms with Crippen LogP contribution < -0.4 is 10.6 Å². The molecular weight excluding hydrogens is 393 g/mol. The van der Waals surface area contributed by atoms with Crippen LogP contribution in [0.1, 0.15) is 25.6 Å². The summed E-state index contributed by atoms with van der Waals surface area (Å²) in [5.41, 5.74) is 1.10. The fourth-order valence-electron chi connectivity index (χ4n) is 2.69. The summed E-state index contributed by atoms with van der Waals surface area (Å²) < 4.78 is 13.3. The SMILES string of the molecule is N#Cc1cccc(NC(=O)c2cc3c(NC(=O)c4cccc(F)c4)n[nH]c3s2)c1. The number of aromatic amines is 1. The van der Waals surface area contributed by atoms with Crippen molar-refractivity contribution in [3.63, 3.8) is 0 Å². The van der Waals surface area contributed by atoms with Crippen molar-refractivity contribution in [2.45, 2.75) is 0 Å². The van der Waals surface area contributed by atoms with Crippen molar-refractivity contribution in [2.75, 3.05) is 10.6 Å². The van der Waals surface area contributed by atoms with Gasteiger partial charge in [0.15, 0.2) is 5.82 Å². The van der Waals surface area contributed by atoms with E-state index in [9.17, 15) is 14.0 Å². The number of nitriles is 1. The van der Waals surface area contributed by atoms with Gasteiger partial charge in [0.05, 0.1) is 21.9 Å². The van der Waals surface area contributed by atoms with Crippen LogP contribution in [-0.2, 0) is 0 Å². The van der Waals surface area contributed by atoms with E-state index in [1.54, 1.807) is 30.3 Å². The lowest BCUT2D eigenvalue weighted by Crippen LogP contribution is -2.12. The lowest BCUT2D eigenvalue weighted by Gasteiger charge is -2.03. The molecule has 9 heteroatoms. The van der Waals surface area contributed by atoms with Gasteiger partial charge in [0.2, 0.25) is 0 Å². The molecular formula is C20H12FN5O2S. The lowest BCUT2D eigenvalue weighted by molar-refractivity contribution is 0.102. The second-order valence-corrected chi connectivity index (χ2v) is 7.09. The molecule has 0 saturated carbocycles. The summed E-state index contributed by atoms with van der Waals surface area (Å²) in [6.07, 6.45) is 0. The standard InChI is InChI=1S/C20H12FN5O2S/c21-13-5-2-4-12(8-13)18(27)24-17-15-9-16(29-20(15)26-25-17)19(28)23-14-6-1-3-11(7-14)10-22/h1-9H,(H,23,28)(H2,24,25,26,27). The molecule has 4 aromatic rings. The van der Waals surface area contributed by atoms with Crippen LogP contribution in [0.4, 0.5) is 15.9 Å². The van der Waals surface area contributed by atoms with Crippen LogP contribution in [0.25, 0.3) is 10.2 Å². The van der Waals surface area contributed by atoms with E-state index in [-0.39, 0.29) is 17.3 Å². The number of halogens is 1. The van der Waals surface area contributed by atoms with Gasteiger partial charge in [-0.05, 0) is 42.5 Å². The molecule has 3 N–H and O–H groups in total. The minimum atomic E-state index is -0.514. The van der Waals surface area contributed by atoms with E-state index in [0.29, 0.717) is 26.3 Å². The fraction of sp³-hybridized carbons (Fsp3) is 0. The maximum absolute atomic E-state index is 13.3. The van der Waals surface area contributed by atoms with Gasteiger partial charge in [-0.3, -0.25) is 14.7 Å². The topological polar surface area (TPSA) is 111 Å². The first-order valence-corrected chi connectivity index (χ1v) is 9.21. The van der Waals surface area contributed by atoms with Gasteiger partial charge in [0, 0.05) is 11.3 Å². The molecule has 0 aliphatic heterocycles. The fourth-order valence-corrected chi connectivity index (χ4v) is 3.59. The molecule has 0 spiro atoms. The van der Waals surface area contributed by atoms with Crippen molar-refractivity contribution in [2.24, 2.45) is 0 Å². The number of hydrogen-bond acceptors (Lipinski definition) is 5. The van der Waals surface area contributed by atoms with Gasteiger partial charge in [-0.15, -0.1) is 11.3 Å². The summed E-state index contributed by atoms with van der Waals surface area (Å²) >= 11 is 1.17. The number of thiophene rings is 1. The van der Waals surface area contributed by atoms with Crippen LogP contribution >= 0.6 is 11.3 Å². The molecule has 2 amide bonds. The number of benzene rings is 2. The van der Waals surface area contributed by atoms with Crippen LogP contribution in [0, 0.1) is 17.1 Å². The molecule has 2 aromatic heterocycles. The summed E-state index contributed by atoms with van der Waals surface area (Å²) in [6.45, 7) is 0. The maximum Gasteiger partial charge on any atom is 0.265 e. The van der Waals surface area contributed by atoms with Gasteiger partial charge in [-0.1, -0.05) is 12.1 Å². The summed E-state index contributed by atoms with van der Waals surface area (Å²) in [7, 11) is 0. The number of aromatic nitrogens is 2. The predicted molar refractivity (Wildman–Crippen MR) is 107 cm³/mol. The Morgan fingerprint density at radius 1 is 1.07 bits per heavy atom. The third-order valence-corrected chi connectivity index (χ3v) is 5.09. The number of fused-ring (bicyclic) bond motifs is 1. The van der Waals surface area contributed by atoms with Crippen LogP contribution in [-0.4, -0.2) is 22.0 Å². The Morgan fingerprint density at radius 2 is 1.90 bits per heavy atom. The number of H-pyrrole nitrogens is 1. The van der Waals surface area contributed by atoms with Crippen molar-refractivity contribution in [1.82, 2.24) is 10.2 Å². The number of hydrogen-bond donors (Lipinski definition) is 3. The minimum Gasteiger partial charge on any atom is -0.321 e. The van der Waals surface area contributed by atoms with E-state index in [1.807, 2.05) is 6.07 Å². The minimum absolute atomic E-state index is 0.159. The number of nitrogens with one attached hydrogen (secondary N) is 3. The van der Waals surface area contributed by atoms with Crippen LogP contribution in [0.3, 0.4) is 0 Å². The molecule has 29 heavy (non-hydrogen) atoms. The Hall–Kier alpha value is -4.03. The zero-order valence-corrected chi connectivity index (χ0v) is 15.5. The largest absolute Gasteiger partial charge is 0.321 e. The quantitative estimate of drug-likeness (QED) is 0.474. The van der Waals surface area contributed by atoms with E-state index in [2.05, 4.69) is 20.8 Å². The van der Waals surface area contributed by atoms with E-state index in [1.165, 1.54) is 29.5 Å². The third kappa shape index (κ3) is 3.83. The van der Waals surface area contributed by atoms with Crippen molar-refractivity contribution in [3.8, 4) is 6.07 Å². The van der Waals surface area contributed by atoms with Gasteiger partial charge in [0.25, 0.3) is 11.8 Å². The molecule has 142 valence electrons. The Balaban J connectivity index is 1.54. The molecule has 0 atom stereocenters. The zero-order chi connectivity index (χ0) is 20.4. The van der Waals surface area contributed by atoms with Gasteiger partial charge < -0.3 is 10.6 Å². The van der Waals surface area contributed by atoms with Crippen LogP contribution in [0.15, 0.2) is 54.6 Å². The molecule has 2 aromatic carbocycles. The summed E-state index contributed by atoms with van der Waals surface area (Å²) in [4.78, 5) is 25.9. The average Bonchev–Trinajstić information content (AvgIpc) is 3.30. The molecule has 0 aliphatic rings. The third-order valence-electron chi connectivity index (χ3n) is 4.05. The van der Waals surface area contributed by atoms with E-state index in [4.69, 9.17) is 5.26 Å². The number of anilines is 2. The van der Waals surface area contributed by atoms with E-state index >= 15 is 0 Å². The summed E-state index contributed by atoms with van der Waals surface area (Å²) in [5.74, 6) is -1.13. The van der Waals surface area contributed by atoms with Crippen LogP contribution in [0.5, 0.6) is 0 Å². The molecule has 0 fully saturated rings. The van der Waals surface area contributed by atoms with E-state index in [0.717, 1.165) is 6.07 Å². The molecule has 4 rings (SSSR count). The highest BCUT2D eigenvalue weighted by Gasteiger charge is 2.17. The predicted octanol–water partition coefficient (Wildman–Crippen LogP) is 4.14. The van der Waals surface area contributed by atoms with Crippen molar-refractivity contribution < 1.29 is 14.0 Å². The first-order valence-electron chi connectivity index (χ1n) is 8.40. The Labute approximate surface area is 167 Å². The number of carbonyl (C=O) groups excluding carboxylic acids is 2. The molecule has 7 nitrogen and oxygen atoms in total. The summed E-state index contributed by atoms with van der Waals surface area (Å²) in [5, 5.41) is 21.7. The van der Waals surface area contributed by atoms with Crippen LogP contribution in [0.2, 0.25) is 0 Å². The molecule has 0 unspecified atom stereocenters. The Bertz CT molecular complexity index is 1290. The van der Waals surface area contributed by atoms with Gasteiger partial charge >= 0.3 is 0 Å². The molecule has 0 saturated heterocycles. The van der Waals surface area contributed by atoms with Gasteiger partial charge in [-0.2, -0.15) is 10.4 Å². The first-order chi connectivity index (χ1) is 14.0. The molecule has 0 bridgehead atoms. The first kappa shape index (κ1) is 18.3. The van der Waals surface area contributed by atoms with E-state index < -0.39 is 11.7 Å². The maximum atomic E-state index is 13.3. The zero-order valence-electron chi connectivity index (χ0n) is 14.7. The Kier molecular flexibility index (Phi) is 4.76. The molecule has 0 radical (unpaired) electrons. The number of amides is 2. The second kappa shape index (κ2) is 7.53. The smallest absolute Gasteiger partial charge is 0.265 e. The van der Waals surface area contributed by atoms with Crippen molar-refractivity contribution in [1.29, 1.82) is 5.26 Å². The van der Waals surface area contributed by atoms with Gasteiger partial charge in [0.1, 0.15) is 10.6 Å². The highest BCUT2D eigenvalue weighted by molar-refractivity contribution is 7.20. The van der Waals surface area contributed by atoms with Crippen molar-refractivity contribution >= 4 is 44.9 Å². The number of carbonyl (C=O) groups is 2. The monoisotopic (exact) mass is 405 g/mol. The second-order valence-electron chi connectivity index (χ2n) is 6.04. The summed E-state index contributed by atoms with van der Waals surface area (Å²) in [6, 6.07) is 15.5. The molecule has 0 aliphatic carbocycles. The number of nitrogens with zero attached hydrogens (tertiary/aromatic N) is 2.